The fourth-order valence-corrected chi connectivity index (χ4v) is 2.71. The first kappa shape index (κ1) is 22.6. The maximum Gasteiger partial charge on any atom is 0.0705 e. The quantitative estimate of drug-likeness (QED) is 0.283. The molecule has 1 aromatic carbocycles. The maximum atomic E-state index is 4.91. The van der Waals surface area contributed by atoms with Crippen molar-refractivity contribution in [3.63, 3.8) is 0 Å². The highest BCUT2D eigenvalue weighted by Gasteiger charge is 2.07. The van der Waals surface area contributed by atoms with E-state index in [0.29, 0.717) is 6.42 Å². The molecule has 0 unspecified atom stereocenters. The number of benzene rings is 1. The molecule has 1 nitrogen and oxygen atoms in total. The number of halogens is 1. The van der Waals surface area contributed by atoms with Crippen molar-refractivity contribution in [2.45, 2.75) is 27.2 Å². The third-order valence-corrected chi connectivity index (χ3v) is 3.88. The van der Waals surface area contributed by atoms with Gasteiger partial charge in [-0.15, -0.1) is 0 Å². The van der Waals surface area contributed by atoms with Crippen LogP contribution in [0, 0.1) is 0 Å². The molecule has 2 heteroatoms. The fraction of sp³-hybridized carbons (Fsp3) is 0.160. The van der Waals surface area contributed by atoms with E-state index in [1.54, 1.807) is 6.08 Å². The van der Waals surface area contributed by atoms with Crippen LogP contribution >= 0.6 is 15.9 Å². The molecule has 0 atom stereocenters. The minimum absolute atomic E-state index is 0.710. The van der Waals surface area contributed by atoms with Gasteiger partial charge in [0, 0.05) is 5.57 Å². The molecule has 0 fully saturated rings. The van der Waals surface area contributed by atoms with Gasteiger partial charge in [0.1, 0.15) is 0 Å². The second-order valence-corrected chi connectivity index (χ2v) is 7.39. The predicted molar refractivity (Wildman–Crippen MR) is 126 cm³/mol. The van der Waals surface area contributed by atoms with Crippen LogP contribution in [0.1, 0.15) is 32.8 Å². The molecule has 0 bridgehead atoms. The zero-order valence-electron chi connectivity index (χ0n) is 16.5. The zero-order valence-corrected chi connectivity index (χ0v) is 18.1. The smallest absolute Gasteiger partial charge is 0.0705 e. The van der Waals surface area contributed by atoms with Crippen LogP contribution in [-0.4, -0.2) is 5.71 Å². The Morgan fingerprint density at radius 1 is 1.15 bits per heavy atom. The predicted octanol–water partition coefficient (Wildman–Crippen LogP) is 7.98. The van der Waals surface area contributed by atoms with Crippen molar-refractivity contribution in [2.75, 3.05) is 0 Å². The molecular formula is C25H28BrN. The van der Waals surface area contributed by atoms with E-state index in [1.807, 2.05) is 63.3 Å². The Hall–Kier alpha value is -2.45. The van der Waals surface area contributed by atoms with Crippen molar-refractivity contribution in [3.8, 4) is 0 Å². The molecular weight excluding hydrogens is 394 g/mol. The Balaban J connectivity index is 3.42. The SMILES string of the molecule is C=CC(=N/C(=C\CC(=C)/C=C(\C)Br)c1ccccc1)/C(=C/C=C\C)C(=C)C. The molecule has 0 heterocycles. The molecule has 0 N–H and O–H groups in total. The van der Waals surface area contributed by atoms with Crippen LogP contribution in [0.2, 0.25) is 0 Å². The van der Waals surface area contributed by atoms with Gasteiger partial charge in [-0.25, -0.2) is 4.99 Å². The Morgan fingerprint density at radius 2 is 1.81 bits per heavy atom. The minimum atomic E-state index is 0.710. The largest absolute Gasteiger partial charge is 0.248 e. The minimum Gasteiger partial charge on any atom is -0.248 e. The summed E-state index contributed by atoms with van der Waals surface area (Å²) in [6, 6.07) is 10.1. The van der Waals surface area contributed by atoms with Gasteiger partial charge in [0.2, 0.25) is 0 Å². The topological polar surface area (TPSA) is 12.4 Å². The lowest BCUT2D eigenvalue weighted by Crippen LogP contribution is -2.01. The molecule has 0 aliphatic carbocycles. The Morgan fingerprint density at radius 3 is 2.33 bits per heavy atom. The number of allylic oxidation sites excluding steroid dienone is 10. The van der Waals surface area contributed by atoms with Gasteiger partial charge in [-0.2, -0.15) is 0 Å². The maximum absolute atomic E-state index is 4.91. The van der Waals surface area contributed by atoms with Crippen molar-refractivity contribution in [2.24, 2.45) is 4.99 Å². The Kier molecular flexibility index (Phi) is 10.1. The molecule has 0 aliphatic rings. The first-order valence-electron chi connectivity index (χ1n) is 8.86. The molecule has 0 aromatic heterocycles. The van der Waals surface area contributed by atoms with Gasteiger partial charge in [0.15, 0.2) is 0 Å². The first-order valence-corrected chi connectivity index (χ1v) is 9.65. The number of aliphatic imine (C=N–C) groups is 1. The van der Waals surface area contributed by atoms with Crippen molar-refractivity contribution in [1.29, 1.82) is 0 Å². The standard InChI is InChI=1S/C25H28BrN/c1-7-9-15-23(19(3)4)24(8-2)27-25(22-13-11-10-12-14-22)17-16-20(5)18-21(6)26/h7-15,17-18H,2-3,5,16H2,1,4,6H3/b9-7-,21-18+,23-15+,25-17-,27-24-. The Bertz CT molecular complexity index is 826. The third kappa shape index (κ3) is 8.19. The van der Waals surface area contributed by atoms with Gasteiger partial charge in [-0.05, 0) is 55.0 Å². The van der Waals surface area contributed by atoms with Crippen LogP contribution in [0.3, 0.4) is 0 Å². The van der Waals surface area contributed by atoms with E-state index in [0.717, 1.165) is 38.2 Å². The summed E-state index contributed by atoms with van der Waals surface area (Å²) in [5, 5.41) is 0. The van der Waals surface area contributed by atoms with Crippen LogP contribution in [0.25, 0.3) is 5.70 Å². The van der Waals surface area contributed by atoms with E-state index in [2.05, 4.69) is 53.9 Å². The molecule has 0 saturated carbocycles. The van der Waals surface area contributed by atoms with Crippen molar-refractivity contribution in [3.05, 3.63) is 113 Å². The number of nitrogens with zero attached hydrogens (tertiary/aromatic N) is 1. The fourth-order valence-electron chi connectivity index (χ4n) is 2.39. The Labute approximate surface area is 172 Å². The van der Waals surface area contributed by atoms with Gasteiger partial charge in [0.05, 0.1) is 11.4 Å². The normalized spacial score (nSPS) is 13.8. The van der Waals surface area contributed by atoms with Crippen molar-refractivity contribution in [1.82, 2.24) is 0 Å². The summed E-state index contributed by atoms with van der Waals surface area (Å²) in [5.41, 5.74) is 5.67. The lowest BCUT2D eigenvalue weighted by molar-refractivity contribution is 1.28. The van der Waals surface area contributed by atoms with Gasteiger partial charge in [-0.3, -0.25) is 0 Å². The molecule has 0 spiro atoms. The second-order valence-electron chi connectivity index (χ2n) is 6.14. The molecule has 0 aliphatic heterocycles. The van der Waals surface area contributed by atoms with Gasteiger partial charge >= 0.3 is 0 Å². The highest BCUT2D eigenvalue weighted by molar-refractivity contribution is 9.11. The average Bonchev–Trinajstić information content (AvgIpc) is 2.63. The summed E-state index contributed by atoms with van der Waals surface area (Å²) in [6.45, 7) is 18.1. The number of hydrogen-bond acceptors (Lipinski definition) is 1. The van der Waals surface area contributed by atoms with Crippen LogP contribution in [0.5, 0.6) is 0 Å². The summed E-state index contributed by atoms with van der Waals surface area (Å²) >= 11 is 3.45. The lowest BCUT2D eigenvalue weighted by atomic mass is 10.0. The van der Waals surface area contributed by atoms with Crippen LogP contribution in [0.4, 0.5) is 0 Å². The highest BCUT2D eigenvalue weighted by Crippen LogP contribution is 2.22. The average molecular weight is 422 g/mol. The molecule has 27 heavy (non-hydrogen) atoms. The van der Waals surface area contributed by atoms with Gasteiger partial charge < -0.3 is 0 Å². The van der Waals surface area contributed by atoms with Crippen LogP contribution in [-0.2, 0) is 0 Å². The molecule has 1 aromatic rings. The summed E-state index contributed by atoms with van der Waals surface area (Å²) in [4.78, 5) is 4.91. The van der Waals surface area contributed by atoms with E-state index < -0.39 is 0 Å². The number of rotatable bonds is 9. The van der Waals surface area contributed by atoms with E-state index in [9.17, 15) is 0 Å². The first-order chi connectivity index (χ1) is 12.9. The zero-order chi connectivity index (χ0) is 20.2. The van der Waals surface area contributed by atoms with Crippen LogP contribution < -0.4 is 0 Å². The van der Waals surface area contributed by atoms with Crippen LogP contribution in [0.15, 0.2) is 113 Å². The lowest BCUT2D eigenvalue weighted by Gasteiger charge is -2.10. The highest BCUT2D eigenvalue weighted by atomic mass is 79.9. The van der Waals surface area contributed by atoms with Crippen molar-refractivity contribution < 1.29 is 0 Å². The van der Waals surface area contributed by atoms with E-state index in [-0.39, 0.29) is 0 Å². The summed E-state index contributed by atoms with van der Waals surface area (Å²) < 4.78 is 1.05. The van der Waals surface area contributed by atoms with Crippen molar-refractivity contribution >= 4 is 27.3 Å². The second kappa shape index (κ2) is 12.0. The van der Waals surface area contributed by atoms with E-state index in [4.69, 9.17) is 4.99 Å². The number of hydrogen-bond donors (Lipinski definition) is 0. The van der Waals surface area contributed by atoms with E-state index >= 15 is 0 Å². The third-order valence-electron chi connectivity index (χ3n) is 3.66. The summed E-state index contributed by atoms with van der Waals surface area (Å²) in [5.74, 6) is 0. The molecule has 0 amide bonds. The molecule has 140 valence electrons. The van der Waals surface area contributed by atoms with E-state index in [1.165, 1.54) is 0 Å². The molecule has 0 radical (unpaired) electrons. The molecule has 0 saturated heterocycles. The summed E-state index contributed by atoms with van der Waals surface area (Å²) in [7, 11) is 0. The monoisotopic (exact) mass is 421 g/mol. The van der Waals surface area contributed by atoms with Gasteiger partial charge in [-0.1, -0.05) is 95.9 Å². The summed E-state index contributed by atoms with van der Waals surface area (Å²) in [6.07, 6.45) is 12.6. The van der Waals surface area contributed by atoms with Gasteiger partial charge in [0.25, 0.3) is 0 Å². The molecule has 1 rings (SSSR count).